The molecule has 2 amide bonds. The molecule has 0 N–H and O–H groups in total. The Morgan fingerprint density at radius 1 is 1.24 bits per heavy atom. The summed E-state index contributed by atoms with van der Waals surface area (Å²) in [6.07, 6.45) is 6.71. The van der Waals surface area contributed by atoms with Crippen LogP contribution in [0.25, 0.3) is 0 Å². The third kappa shape index (κ3) is 2.04. The van der Waals surface area contributed by atoms with E-state index >= 15 is 0 Å². The van der Waals surface area contributed by atoms with Crippen molar-refractivity contribution >= 4 is 17.6 Å². The molecule has 0 spiro atoms. The van der Waals surface area contributed by atoms with E-state index in [1.807, 2.05) is 15.6 Å². The molecule has 1 saturated carbocycles. The molecule has 2 aliphatic heterocycles. The number of hydrogen-bond donors (Lipinski definition) is 0. The van der Waals surface area contributed by atoms with Gasteiger partial charge in [0, 0.05) is 31.6 Å². The van der Waals surface area contributed by atoms with Gasteiger partial charge in [0.15, 0.2) is 0 Å². The van der Waals surface area contributed by atoms with Gasteiger partial charge < -0.3 is 4.90 Å². The van der Waals surface area contributed by atoms with Gasteiger partial charge in [-0.15, -0.1) is 0 Å². The Morgan fingerprint density at radius 3 is 2.86 bits per heavy atom. The van der Waals surface area contributed by atoms with Crippen molar-refractivity contribution in [3.05, 3.63) is 12.3 Å². The van der Waals surface area contributed by atoms with Gasteiger partial charge in [-0.1, -0.05) is 12.8 Å². The fourth-order valence-corrected chi connectivity index (χ4v) is 3.95. The number of anilines is 1. The van der Waals surface area contributed by atoms with Gasteiger partial charge in [-0.25, -0.2) is 4.68 Å². The van der Waals surface area contributed by atoms with Gasteiger partial charge in [0.2, 0.25) is 11.8 Å². The summed E-state index contributed by atoms with van der Waals surface area (Å²) in [7, 11) is 0. The van der Waals surface area contributed by atoms with Crippen LogP contribution in [0.15, 0.2) is 12.3 Å². The van der Waals surface area contributed by atoms with Crippen LogP contribution in [0.1, 0.15) is 32.1 Å². The van der Waals surface area contributed by atoms with E-state index in [1.54, 1.807) is 11.1 Å². The van der Waals surface area contributed by atoms with Gasteiger partial charge >= 0.3 is 0 Å². The first kappa shape index (κ1) is 12.9. The van der Waals surface area contributed by atoms with Crippen molar-refractivity contribution in [1.29, 1.82) is 0 Å². The Bertz CT molecular complexity index is 576. The van der Waals surface area contributed by atoms with Crippen LogP contribution < -0.4 is 4.90 Å². The Morgan fingerprint density at radius 2 is 2.05 bits per heavy atom. The zero-order chi connectivity index (χ0) is 14.4. The second-order valence-electron chi connectivity index (χ2n) is 6.29. The standard InChI is InChI=1S/C15H20N4O2/c20-14-9-11(10-18(14)12-3-1-2-4-12)15(21)17-7-8-19-13(17)5-6-16-19/h5-6,11-12H,1-4,7-10H2. The maximum absolute atomic E-state index is 12.7. The van der Waals surface area contributed by atoms with Gasteiger partial charge in [0.05, 0.1) is 18.7 Å². The molecule has 2 fully saturated rings. The topological polar surface area (TPSA) is 58.4 Å². The molecular formula is C15H20N4O2. The molecule has 1 atom stereocenters. The van der Waals surface area contributed by atoms with Crippen molar-refractivity contribution < 1.29 is 9.59 Å². The molecule has 0 aromatic carbocycles. The van der Waals surface area contributed by atoms with E-state index in [-0.39, 0.29) is 17.7 Å². The lowest BCUT2D eigenvalue weighted by Crippen LogP contribution is -2.38. The highest BCUT2D eigenvalue weighted by molar-refractivity contribution is 5.99. The van der Waals surface area contributed by atoms with Gasteiger partial charge in [-0.05, 0) is 12.8 Å². The highest BCUT2D eigenvalue weighted by atomic mass is 16.2. The second-order valence-corrected chi connectivity index (χ2v) is 6.29. The quantitative estimate of drug-likeness (QED) is 0.816. The molecule has 3 heterocycles. The summed E-state index contributed by atoms with van der Waals surface area (Å²) in [6, 6.07) is 2.25. The highest BCUT2D eigenvalue weighted by Gasteiger charge is 2.41. The molecule has 6 heteroatoms. The van der Waals surface area contributed by atoms with Gasteiger partial charge in [-0.3, -0.25) is 14.5 Å². The van der Waals surface area contributed by atoms with Crippen LogP contribution in [0.5, 0.6) is 0 Å². The molecule has 1 aliphatic carbocycles. The van der Waals surface area contributed by atoms with Crippen molar-refractivity contribution in [2.75, 3.05) is 18.0 Å². The molecule has 21 heavy (non-hydrogen) atoms. The number of aromatic nitrogens is 2. The minimum atomic E-state index is -0.181. The first-order valence-electron chi connectivity index (χ1n) is 7.86. The summed E-state index contributed by atoms with van der Waals surface area (Å²) >= 11 is 0. The van der Waals surface area contributed by atoms with Crippen molar-refractivity contribution in [2.45, 2.75) is 44.7 Å². The highest BCUT2D eigenvalue weighted by Crippen LogP contribution is 2.31. The average molecular weight is 288 g/mol. The lowest BCUT2D eigenvalue weighted by Gasteiger charge is -2.24. The molecule has 1 unspecified atom stereocenters. The van der Waals surface area contributed by atoms with Crippen LogP contribution in [-0.4, -0.2) is 45.6 Å². The molecule has 1 saturated heterocycles. The lowest BCUT2D eigenvalue weighted by atomic mass is 10.1. The smallest absolute Gasteiger partial charge is 0.233 e. The second kappa shape index (κ2) is 4.86. The molecule has 0 radical (unpaired) electrons. The number of carbonyl (C=O) groups excluding carboxylic acids is 2. The van der Waals surface area contributed by atoms with Crippen LogP contribution in [0.3, 0.4) is 0 Å². The summed E-state index contributed by atoms with van der Waals surface area (Å²) < 4.78 is 1.85. The third-order valence-electron chi connectivity index (χ3n) is 5.05. The van der Waals surface area contributed by atoms with Gasteiger partial charge in [-0.2, -0.15) is 5.10 Å². The number of hydrogen-bond acceptors (Lipinski definition) is 3. The molecule has 1 aromatic rings. The van der Waals surface area contributed by atoms with Gasteiger partial charge in [0.1, 0.15) is 5.82 Å². The summed E-state index contributed by atoms with van der Waals surface area (Å²) in [5, 5.41) is 4.19. The van der Waals surface area contributed by atoms with E-state index in [9.17, 15) is 9.59 Å². The van der Waals surface area contributed by atoms with E-state index < -0.39 is 0 Å². The normalized spacial score (nSPS) is 25.9. The molecule has 0 bridgehead atoms. The van der Waals surface area contributed by atoms with Crippen LogP contribution in [0.4, 0.5) is 5.82 Å². The largest absolute Gasteiger partial charge is 0.339 e. The van der Waals surface area contributed by atoms with Crippen molar-refractivity contribution in [2.24, 2.45) is 5.92 Å². The predicted molar refractivity (Wildman–Crippen MR) is 76.7 cm³/mol. The van der Waals surface area contributed by atoms with E-state index in [0.29, 0.717) is 25.6 Å². The molecular weight excluding hydrogens is 268 g/mol. The number of amides is 2. The minimum absolute atomic E-state index is 0.0862. The maximum Gasteiger partial charge on any atom is 0.233 e. The van der Waals surface area contributed by atoms with Crippen molar-refractivity contribution in [3.63, 3.8) is 0 Å². The molecule has 3 aliphatic rings. The SMILES string of the molecule is O=C(C1CC(=O)N(C2CCCC2)C1)N1CCn2nccc21. The first-order chi connectivity index (χ1) is 10.2. The van der Waals surface area contributed by atoms with Crippen LogP contribution in [0, 0.1) is 5.92 Å². The molecule has 4 rings (SSSR count). The predicted octanol–water partition coefficient (Wildman–Crippen LogP) is 1.02. The summed E-state index contributed by atoms with van der Waals surface area (Å²) in [5.41, 5.74) is 0. The maximum atomic E-state index is 12.7. The minimum Gasteiger partial charge on any atom is -0.339 e. The number of nitrogens with zero attached hydrogens (tertiary/aromatic N) is 4. The number of likely N-dealkylation sites (tertiary alicyclic amines) is 1. The van der Waals surface area contributed by atoms with E-state index in [1.165, 1.54) is 12.8 Å². The molecule has 6 nitrogen and oxygen atoms in total. The Kier molecular flexibility index (Phi) is 2.97. The Labute approximate surface area is 123 Å². The van der Waals surface area contributed by atoms with Crippen LogP contribution in [0.2, 0.25) is 0 Å². The Balaban J connectivity index is 1.48. The monoisotopic (exact) mass is 288 g/mol. The van der Waals surface area contributed by atoms with Gasteiger partial charge in [0.25, 0.3) is 0 Å². The first-order valence-corrected chi connectivity index (χ1v) is 7.86. The zero-order valence-electron chi connectivity index (χ0n) is 12.1. The van der Waals surface area contributed by atoms with Crippen LogP contribution >= 0.6 is 0 Å². The third-order valence-corrected chi connectivity index (χ3v) is 5.05. The molecule has 112 valence electrons. The Hall–Kier alpha value is -1.85. The lowest BCUT2D eigenvalue weighted by molar-refractivity contribution is -0.130. The van der Waals surface area contributed by atoms with E-state index in [0.717, 1.165) is 25.2 Å². The van der Waals surface area contributed by atoms with E-state index in [4.69, 9.17) is 0 Å². The molecule has 1 aromatic heterocycles. The summed E-state index contributed by atoms with van der Waals surface area (Å²) in [6.45, 7) is 2.03. The van der Waals surface area contributed by atoms with Crippen molar-refractivity contribution in [3.8, 4) is 0 Å². The fraction of sp³-hybridized carbons (Fsp3) is 0.667. The number of fused-ring (bicyclic) bond motifs is 1. The number of rotatable bonds is 2. The average Bonchev–Trinajstić information content (AvgIpc) is 3.22. The zero-order valence-corrected chi connectivity index (χ0v) is 12.1. The van der Waals surface area contributed by atoms with Crippen molar-refractivity contribution in [1.82, 2.24) is 14.7 Å². The number of carbonyl (C=O) groups is 2. The fourth-order valence-electron chi connectivity index (χ4n) is 3.95. The summed E-state index contributed by atoms with van der Waals surface area (Å²) in [5.74, 6) is 0.933. The summed E-state index contributed by atoms with van der Waals surface area (Å²) in [4.78, 5) is 28.7. The van der Waals surface area contributed by atoms with Crippen LogP contribution in [-0.2, 0) is 16.1 Å². The van der Waals surface area contributed by atoms with E-state index in [2.05, 4.69) is 5.10 Å².